The fourth-order valence-corrected chi connectivity index (χ4v) is 3.74. The van der Waals surface area contributed by atoms with Gasteiger partial charge in [-0.15, -0.1) is 0 Å². The number of hydrogen-bond donors (Lipinski definition) is 3. The summed E-state index contributed by atoms with van der Waals surface area (Å²) < 4.78 is 14.0. The molecule has 0 bridgehead atoms. The number of nitrogens with one attached hydrogen (secondary N) is 1. The SMILES string of the molecule is CC1CC(Nc2cc(F)c(CC(=O)O)cc2N)CC(C)(C)C1. The molecule has 5 heteroatoms. The molecular formula is C17H25FN2O2. The fourth-order valence-electron chi connectivity index (χ4n) is 3.74. The summed E-state index contributed by atoms with van der Waals surface area (Å²) in [6.07, 6.45) is 2.87. The zero-order chi connectivity index (χ0) is 16.5. The summed E-state index contributed by atoms with van der Waals surface area (Å²) >= 11 is 0. The van der Waals surface area contributed by atoms with Crippen molar-refractivity contribution in [3.05, 3.63) is 23.5 Å². The Labute approximate surface area is 130 Å². The van der Waals surface area contributed by atoms with Crippen molar-refractivity contribution in [2.24, 2.45) is 11.3 Å². The lowest BCUT2D eigenvalue weighted by Crippen LogP contribution is -2.35. The van der Waals surface area contributed by atoms with Crippen molar-refractivity contribution in [1.82, 2.24) is 0 Å². The summed E-state index contributed by atoms with van der Waals surface area (Å²) in [6, 6.07) is 2.99. The van der Waals surface area contributed by atoms with Gasteiger partial charge in [0.2, 0.25) is 0 Å². The summed E-state index contributed by atoms with van der Waals surface area (Å²) in [5, 5.41) is 12.1. The first kappa shape index (κ1) is 16.6. The maximum atomic E-state index is 14.0. The molecule has 2 rings (SSSR count). The molecule has 0 heterocycles. The predicted octanol–water partition coefficient (Wildman–Crippen LogP) is 3.66. The molecule has 1 aliphatic carbocycles. The van der Waals surface area contributed by atoms with E-state index in [1.54, 1.807) is 0 Å². The minimum Gasteiger partial charge on any atom is -0.481 e. The van der Waals surface area contributed by atoms with Gasteiger partial charge in [-0.25, -0.2) is 4.39 Å². The molecule has 4 N–H and O–H groups in total. The smallest absolute Gasteiger partial charge is 0.307 e. The summed E-state index contributed by atoms with van der Waals surface area (Å²) in [6.45, 7) is 6.73. The van der Waals surface area contributed by atoms with E-state index in [-0.39, 0.29) is 23.4 Å². The Morgan fingerprint density at radius 2 is 2.14 bits per heavy atom. The lowest BCUT2D eigenvalue weighted by atomic mass is 9.70. The molecule has 0 amide bonds. The fraction of sp³-hybridized carbons (Fsp3) is 0.588. The van der Waals surface area contributed by atoms with Crippen LogP contribution < -0.4 is 11.1 Å². The maximum Gasteiger partial charge on any atom is 0.307 e. The molecule has 1 aliphatic rings. The topological polar surface area (TPSA) is 75.3 Å². The Hall–Kier alpha value is -1.78. The predicted molar refractivity (Wildman–Crippen MR) is 86.4 cm³/mol. The number of rotatable bonds is 4. The number of carboxylic acid groups (broad SMARTS) is 1. The standard InChI is InChI=1S/C17H25FN2O2/c1-10-4-12(9-17(2,3)8-10)20-15-7-13(18)11(5-14(15)19)6-16(21)22/h5,7,10,12,20H,4,6,8-9,19H2,1-3H3,(H,21,22). The van der Waals surface area contributed by atoms with E-state index >= 15 is 0 Å². The Morgan fingerprint density at radius 1 is 1.45 bits per heavy atom. The Bertz CT molecular complexity index is 572. The minimum absolute atomic E-state index is 0.118. The molecule has 1 aromatic carbocycles. The van der Waals surface area contributed by atoms with Crippen LogP contribution in [0.2, 0.25) is 0 Å². The van der Waals surface area contributed by atoms with Crippen LogP contribution in [0.3, 0.4) is 0 Å². The molecule has 0 spiro atoms. The van der Waals surface area contributed by atoms with Crippen LogP contribution in [0.4, 0.5) is 15.8 Å². The first-order valence-electron chi connectivity index (χ1n) is 7.72. The average Bonchev–Trinajstić information content (AvgIpc) is 2.32. The van der Waals surface area contributed by atoms with Crippen LogP contribution in [0.5, 0.6) is 0 Å². The van der Waals surface area contributed by atoms with E-state index in [1.165, 1.54) is 18.6 Å². The van der Waals surface area contributed by atoms with Gasteiger partial charge in [-0.05, 0) is 42.7 Å². The molecular weight excluding hydrogens is 283 g/mol. The normalized spacial score (nSPS) is 24.0. The molecule has 0 aliphatic heterocycles. The number of anilines is 2. The molecule has 22 heavy (non-hydrogen) atoms. The number of hydrogen-bond acceptors (Lipinski definition) is 3. The van der Waals surface area contributed by atoms with Gasteiger partial charge in [-0.1, -0.05) is 20.8 Å². The minimum atomic E-state index is -1.07. The lowest BCUT2D eigenvalue weighted by molar-refractivity contribution is -0.136. The van der Waals surface area contributed by atoms with Crippen molar-refractivity contribution in [2.75, 3.05) is 11.1 Å². The van der Waals surface area contributed by atoms with Crippen LogP contribution in [0.15, 0.2) is 12.1 Å². The zero-order valence-electron chi connectivity index (χ0n) is 13.4. The maximum absolute atomic E-state index is 14.0. The highest BCUT2D eigenvalue weighted by Gasteiger charge is 2.32. The second-order valence-electron chi connectivity index (χ2n) is 7.36. The van der Waals surface area contributed by atoms with Crippen LogP contribution >= 0.6 is 0 Å². The first-order chi connectivity index (χ1) is 10.2. The Kier molecular flexibility index (Phi) is 4.63. The zero-order valence-corrected chi connectivity index (χ0v) is 13.4. The van der Waals surface area contributed by atoms with Gasteiger partial charge in [0, 0.05) is 11.6 Å². The van der Waals surface area contributed by atoms with E-state index in [9.17, 15) is 9.18 Å². The molecule has 1 saturated carbocycles. The van der Waals surface area contributed by atoms with Crippen molar-refractivity contribution >= 4 is 17.3 Å². The van der Waals surface area contributed by atoms with Crippen LogP contribution in [0.1, 0.15) is 45.6 Å². The van der Waals surface area contributed by atoms with Crippen LogP contribution in [-0.4, -0.2) is 17.1 Å². The average molecular weight is 308 g/mol. The number of aliphatic carboxylic acids is 1. The summed E-state index contributed by atoms with van der Waals surface area (Å²) in [5.41, 5.74) is 7.29. The molecule has 1 aromatic rings. The number of halogens is 1. The molecule has 0 radical (unpaired) electrons. The third kappa shape index (κ3) is 4.12. The largest absolute Gasteiger partial charge is 0.481 e. The van der Waals surface area contributed by atoms with Crippen molar-refractivity contribution in [1.29, 1.82) is 0 Å². The second kappa shape index (κ2) is 6.15. The third-order valence-electron chi connectivity index (χ3n) is 4.31. The van der Waals surface area contributed by atoms with Gasteiger partial charge in [-0.3, -0.25) is 4.79 Å². The quantitative estimate of drug-likeness (QED) is 0.742. The second-order valence-corrected chi connectivity index (χ2v) is 7.36. The summed E-state index contributed by atoms with van der Waals surface area (Å²) in [5.74, 6) is -0.984. The van der Waals surface area contributed by atoms with Gasteiger partial charge in [-0.2, -0.15) is 0 Å². The lowest BCUT2D eigenvalue weighted by Gasteiger charge is -2.39. The van der Waals surface area contributed by atoms with Crippen molar-refractivity contribution in [3.63, 3.8) is 0 Å². The summed E-state index contributed by atoms with van der Waals surface area (Å²) in [4.78, 5) is 10.7. The monoisotopic (exact) mass is 308 g/mol. The van der Waals surface area contributed by atoms with Gasteiger partial charge in [0.25, 0.3) is 0 Å². The molecule has 2 unspecified atom stereocenters. The van der Waals surface area contributed by atoms with Gasteiger partial charge >= 0.3 is 5.97 Å². The number of nitrogens with two attached hydrogens (primary N) is 1. The van der Waals surface area contributed by atoms with Gasteiger partial charge in [0.15, 0.2) is 0 Å². The van der Waals surface area contributed by atoms with E-state index in [4.69, 9.17) is 10.8 Å². The van der Waals surface area contributed by atoms with E-state index in [1.807, 2.05) is 0 Å². The van der Waals surface area contributed by atoms with Crippen molar-refractivity contribution < 1.29 is 14.3 Å². The van der Waals surface area contributed by atoms with E-state index in [0.29, 0.717) is 17.3 Å². The van der Waals surface area contributed by atoms with Gasteiger partial charge in [0.05, 0.1) is 17.8 Å². The van der Waals surface area contributed by atoms with Gasteiger partial charge < -0.3 is 16.2 Å². The van der Waals surface area contributed by atoms with E-state index in [0.717, 1.165) is 12.8 Å². The molecule has 0 saturated heterocycles. The molecule has 0 aromatic heterocycles. The van der Waals surface area contributed by atoms with Crippen LogP contribution in [0, 0.1) is 17.2 Å². The van der Waals surface area contributed by atoms with Crippen molar-refractivity contribution in [2.45, 2.75) is 52.5 Å². The molecule has 2 atom stereocenters. The number of nitrogen functional groups attached to an aromatic ring is 1. The Balaban J connectivity index is 2.16. The van der Waals surface area contributed by atoms with Crippen LogP contribution in [0.25, 0.3) is 0 Å². The highest BCUT2D eigenvalue weighted by molar-refractivity contribution is 5.74. The van der Waals surface area contributed by atoms with Gasteiger partial charge in [0.1, 0.15) is 5.82 Å². The van der Waals surface area contributed by atoms with Crippen molar-refractivity contribution in [3.8, 4) is 0 Å². The van der Waals surface area contributed by atoms with E-state index < -0.39 is 11.8 Å². The first-order valence-corrected chi connectivity index (χ1v) is 7.72. The summed E-state index contributed by atoms with van der Waals surface area (Å²) in [7, 11) is 0. The number of carbonyl (C=O) groups is 1. The molecule has 122 valence electrons. The molecule has 4 nitrogen and oxygen atoms in total. The number of benzene rings is 1. The van der Waals surface area contributed by atoms with E-state index in [2.05, 4.69) is 26.1 Å². The highest BCUT2D eigenvalue weighted by Crippen LogP contribution is 2.40. The third-order valence-corrected chi connectivity index (χ3v) is 4.31. The van der Waals surface area contributed by atoms with Crippen LogP contribution in [-0.2, 0) is 11.2 Å². The highest BCUT2D eigenvalue weighted by atomic mass is 19.1. The Morgan fingerprint density at radius 3 is 2.73 bits per heavy atom. The molecule has 1 fully saturated rings. The number of carboxylic acids is 1.